The number of ether oxygens (including phenoxy) is 1. The number of hydrogen-bond acceptors (Lipinski definition) is 3. The molecule has 1 aromatic carbocycles. The fraction of sp³-hybridized carbons (Fsp3) is 0.667. The van der Waals surface area contributed by atoms with Gasteiger partial charge in [0.05, 0.1) is 12.3 Å². The van der Waals surface area contributed by atoms with Crippen molar-refractivity contribution in [1.82, 2.24) is 5.32 Å². The predicted octanol–water partition coefficient (Wildman–Crippen LogP) is 3.45. The molecular weight excluding hydrogens is 260 g/mol. The molecule has 1 N–H and O–H groups in total. The van der Waals surface area contributed by atoms with Crippen LogP contribution >= 0.6 is 0 Å². The van der Waals surface area contributed by atoms with Crippen molar-refractivity contribution in [2.45, 2.75) is 38.5 Å². The van der Waals surface area contributed by atoms with Crippen LogP contribution in [0.25, 0.3) is 0 Å². The van der Waals surface area contributed by atoms with Gasteiger partial charge < -0.3 is 15.0 Å². The normalized spacial score (nSPS) is 21.3. The minimum atomic E-state index is 0.435. The Morgan fingerprint density at radius 3 is 2.76 bits per heavy atom. The predicted molar refractivity (Wildman–Crippen MR) is 88.2 cm³/mol. The third-order valence-electron chi connectivity index (χ3n) is 5.03. The molecule has 1 aliphatic carbocycles. The summed E-state index contributed by atoms with van der Waals surface area (Å²) in [4.78, 5) is 2.57. The zero-order valence-corrected chi connectivity index (χ0v) is 13.2. The second kappa shape index (κ2) is 6.69. The molecule has 0 aromatic heterocycles. The summed E-state index contributed by atoms with van der Waals surface area (Å²) in [5.74, 6) is 1.06. The van der Waals surface area contributed by atoms with Crippen molar-refractivity contribution in [3.05, 3.63) is 24.3 Å². The van der Waals surface area contributed by atoms with Crippen molar-refractivity contribution in [1.29, 1.82) is 0 Å². The Kier molecular flexibility index (Phi) is 4.69. The van der Waals surface area contributed by atoms with E-state index in [2.05, 4.69) is 41.5 Å². The number of anilines is 1. The Hall–Kier alpha value is -1.22. The van der Waals surface area contributed by atoms with Gasteiger partial charge in [-0.05, 0) is 38.4 Å². The largest absolute Gasteiger partial charge is 0.491 e. The summed E-state index contributed by atoms with van der Waals surface area (Å²) in [5.41, 5.74) is 1.72. The van der Waals surface area contributed by atoms with Crippen LogP contribution in [0, 0.1) is 5.41 Å². The Morgan fingerprint density at radius 1 is 1.14 bits per heavy atom. The highest BCUT2D eigenvalue weighted by molar-refractivity contribution is 5.59. The highest BCUT2D eigenvalue weighted by atomic mass is 16.5. The van der Waals surface area contributed by atoms with Gasteiger partial charge in [0.1, 0.15) is 5.75 Å². The van der Waals surface area contributed by atoms with Crippen molar-refractivity contribution in [2.24, 2.45) is 5.41 Å². The molecule has 0 amide bonds. The van der Waals surface area contributed by atoms with Crippen LogP contribution in [-0.2, 0) is 0 Å². The van der Waals surface area contributed by atoms with Gasteiger partial charge in [-0.1, -0.05) is 31.4 Å². The van der Waals surface area contributed by atoms with E-state index in [1.807, 2.05) is 0 Å². The minimum Gasteiger partial charge on any atom is -0.491 e. The number of rotatable bonds is 4. The average molecular weight is 288 g/mol. The van der Waals surface area contributed by atoms with Gasteiger partial charge in [-0.25, -0.2) is 0 Å². The van der Waals surface area contributed by atoms with Crippen LogP contribution < -0.4 is 15.0 Å². The minimum absolute atomic E-state index is 0.435. The first-order valence-electron chi connectivity index (χ1n) is 8.44. The molecule has 3 nitrogen and oxygen atoms in total. The van der Waals surface area contributed by atoms with Crippen molar-refractivity contribution >= 4 is 5.69 Å². The monoisotopic (exact) mass is 288 g/mol. The molecule has 3 rings (SSSR count). The summed E-state index contributed by atoms with van der Waals surface area (Å²) in [6, 6.07) is 8.54. The molecule has 1 aliphatic heterocycles. The van der Waals surface area contributed by atoms with Gasteiger partial charge in [-0.3, -0.25) is 0 Å². The number of benzene rings is 1. The maximum atomic E-state index is 5.90. The van der Waals surface area contributed by atoms with Gasteiger partial charge in [0.2, 0.25) is 0 Å². The van der Waals surface area contributed by atoms with E-state index in [1.54, 1.807) is 0 Å². The lowest BCUT2D eigenvalue weighted by molar-refractivity contribution is 0.191. The second-order valence-corrected chi connectivity index (χ2v) is 6.68. The van der Waals surface area contributed by atoms with Crippen molar-refractivity contribution in [2.75, 3.05) is 38.2 Å². The van der Waals surface area contributed by atoms with Crippen molar-refractivity contribution < 1.29 is 4.74 Å². The summed E-state index contributed by atoms with van der Waals surface area (Å²) >= 11 is 0. The molecule has 0 spiro atoms. The third-order valence-corrected chi connectivity index (χ3v) is 5.03. The summed E-state index contributed by atoms with van der Waals surface area (Å²) in [6.45, 7) is 4.25. The number of para-hydroxylation sites is 2. The lowest BCUT2D eigenvalue weighted by Crippen LogP contribution is -2.45. The third kappa shape index (κ3) is 3.34. The lowest BCUT2D eigenvalue weighted by atomic mass is 9.73. The van der Waals surface area contributed by atoms with Crippen LogP contribution in [0.3, 0.4) is 0 Å². The summed E-state index contributed by atoms with van der Waals surface area (Å²) in [7, 11) is 2.09. The molecule has 21 heavy (non-hydrogen) atoms. The molecule has 116 valence electrons. The van der Waals surface area contributed by atoms with E-state index in [0.29, 0.717) is 5.41 Å². The van der Waals surface area contributed by atoms with E-state index >= 15 is 0 Å². The molecule has 1 aromatic rings. The van der Waals surface area contributed by atoms with Crippen LogP contribution in [0.15, 0.2) is 24.3 Å². The number of fused-ring (bicyclic) bond motifs is 1. The molecule has 0 atom stereocenters. The zero-order valence-electron chi connectivity index (χ0n) is 13.2. The maximum Gasteiger partial charge on any atom is 0.142 e. The molecule has 0 bridgehead atoms. The Balaban J connectivity index is 1.81. The quantitative estimate of drug-likeness (QED) is 0.918. The van der Waals surface area contributed by atoms with E-state index < -0.39 is 0 Å². The van der Waals surface area contributed by atoms with Crippen LogP contribution in [0.4, 0.5) is 5.69 Å². The zero-order chi connectivity index (χ0) is 14.5. The standard InChI is InChI=1S/C18H28N2O/c1-19-14-18(10-5-2-6-11-18)15-20-12-7-13-21-17-9-4-3-8-16(17)20/h3-4,8-9,19H,2,5-7,10-15H2,1H3. The molecular formula is C18H28N2O. The molecule has 3 heteroatoms. The van der Waals surface area contributed by atoms with Gasteiger partial charge in [0.25, 0.3) is 0 Å². The lowest BCUT2D eigenvalue weighted by Gasteiger charge is -2.42. The maximum absolute atomic E-state index is 5.90. The van der Waals surface area contributed by atoms with Gasteiger partial charge in [-0.2, -0.15) is 0 Å². The first-order valence-corrected chi connectivity index (χ1v) is 8.44. The molecule has 0 radical (unpaired) electrons. The van der Waals surface area contributed by atoms with Gasteiger partial charge in [0, 0.05) is 25.0 Å². The summed E-state index contributed by atoms with van der Waals surface area (Å²) < 4.78 is 5.90. The van der Waals surface area contributed by atoms with E-state index in [9.17, 15) is 0 Å². The van der Waals surface area contributed by atoms with Crippen LogP contribution in [0.2, 0.25) is 0 Å². The SMILES string of the molecule is CNCC1(CN2CCCOc3ccccc32)CCCCC1. The summed E-state index contributed by atoms with van der Waals surface area (Å²) in [5, 5.41) is 3.45. The number of nitrogens with one attached hydrogen (secondary N) is 1. The molecule has 0 saturated heterocycles. The smallest absolute Gasteiger partial charge is 0.142 e. The Morgan fingerprint density at radius 2 is 1.95 bits per heavy atom. The number of nitrogens with zero attached hydrogens (tertiary/aromatic N) is 1. The highest BCUT2D eigenvalue weighted by Gasteiger charge is 2.34. The van der Waals surface area contributed by atoms with Crippen LogP contribution in [-0.4, -0.2) is 33.3 Å². The molecule has 1 fully saturated rings. The molecule has 1 saturated carbocycles. The van der Waals surface area contributed by atoms with E-state index in [4.69, 9.17) is 4.74 Å². The fourth-order valence-electron chi connectivity index (χ4n) is 4.04. The van der Waals surface area contributed by atoms with Gasteiger partial charge in [-0.15, -0.1) is 0 Å². The van der Waals surface area contributed by atoms with Gasteiger partial charge >= 0.3 is 0 Å². The molecule has 0 unspecified atom stereocenters. The Bertz CT molecular complexity index is 449. The average Bonchev–Trinajstić information content (AvgIpc) is 2.71. The molecule has 1 heterocycles. The van der Waals surface area contributed by atoms with E-state index in [1.165, 1.54) is 37.8 Å². The van der Waals surface area contributed by atoms with E-state index in [-0.39, 0.29) is 0 Å². The van der Waals surface area contributed by atoms with E-state index in [0.717, 1.165) is 38.4 Å². The second-order valence-electron chi connectivity index (χ2n) is 6.68. The molecule has 2 aliphatic rings. The first kappa shape index (κ1) is 14.7. The first-order chi connectivity index (χ1) is 10.3. The fourth-order valence-corrected chi connectivity index (χ4v) is 4.04. The highest BCUT2D eigenvalue weighted by Crippen LogP contribution is 2.39. The van der Waals surface area contributed by atoms with Crippen molar-refractivity contribution in [3.8, 4) is 5.75 Å². The van der Waals surface area contributed by atoms with Crippen molar-refractivity contribution in [3.63, 3.8) is 0 Å². The van der Waals surface area contributed by atoms with Crippen LogP contribution in [0.1, 0.15) is 38.5 Å². The number of hydrogen-bond donors (Lipinski definition) is 1. The Labute approximate surface area is 128 Å². The van der Waals surface area contributed by atoms with Crippen LogP contribution in [0.5, 0.6) is 5.75 Å². The summed E-state index contributed by atoms with van der Waals surface area (Å²) in [6.07, 6.45) is 8.00. The van der Waals surface area contributed by atoms with Gasteiger partial charge in [0.15, 0.2) is 0 Å². The topological polar surface area (TPSA) is 24.5 Å².